The molecule has 1 aromatic heterocycles. The van der Waals surface area contributed by atoms with Crippen molar-refractivity contribution >= 4 is 11.8 Å². The lowest BCUT2D eigenvalue weighted by atomic mass is 10.0. The Hall–Kier alpha value is -2.14. The van der Waals surface area contributed by atoms with E-state index in [2.05, 4.69) is 14.9 Å². The van der Waals surface area contributed by atoms with Crippen molar-refractivity contribution in [3.05, 3.63) is 24.3 Å². The highest BCUT2D eigenvalue weighted by Gasteiger charge is 2.40. The van der Waals surface area contributed by atoms with Crippen LogP contribution in [-0.4, -0.2) is 115 Å². The van der Waals surface area contributed by atoms with Crippen molar-refractivity contribution < 1.29 is 23.8 Å². The lowest BCUT2D eigenvalue weighted by Crippen LogP contribution is -2.48. The number of morpholine rings is 1. The number of hydrogen-bond acceptors (Lipinski definition) is 8. The number of rotatable bonds is 8. The summed E-state index contributed by atoms with van der Waals surface area (Å²) in [6, 6.07) is 0. The van der Waals surface area contributed by atoms with Crippen molar-refractivity contribution in [2.24, 2.45) is 0 Å². The second-order valence-electron chi connectivity index (χ2n) is 8.43. The largest absolute Gasteiger partial charge is 0.379 e. The molecule has 32 heavy (non-hydrogen) atoms. The molecule has 3 fully saturated rings. The molecule has 10 nitrogen and oxygen atoms in total. The number of piperidine rings is 1. The van der Waals surface area contributed by atoms with Crippen molar-refractivity contribution in [2.45, 2.75) is 31.5 Å². The minimum atomic E-state index is -0.496. The molecule has 0 aliphatic carbocycles. The highest BCUT2D eigenvalue weighted by Crippen LogP contribution is 2.31. The Morgan fingerprint density at radius 2 is 1.75 bits per heavy atom. The van der Waals surface area contributed by atoms with Crippen LogP contribution in [0.4, 0.5) is 0 Å². The third-order valence-electron chi connectivity index (χ3n) is 6.36. The van der Waals surface area contributed by atoms with Crippen LogP contribution in [0.25, 0.3) is 0 Å². The molecule has 0 bridgehead atoms. The summed E-state index contributed by atoms with van der Waals surface area (Å²) in [4.78, 5) is 40.0. The minimum absolute atomic E-state index is 0.0583. The van der Waals surface area contributed by atoms with E-state index >= 15 is 0 Å². The van der Waals surface area contributed by atoms with Gasteiger partial charge in [0.05, 0.1) is 32.6 Å². The molecule has 3 aliphatic rings. The van der Waals surface area contributed by atoms with Crippen LogP contribution in [0.1, 0.15) is 36.2 Å². The van der Waals surface area contributed by atoms with Crippen LogP contribution in [0.2, 0.25) is 0 Å². The van der Waals surface area contributed by atoms with Gasteiger partial charge in [0.1, 0.15) is 5.69 Å². The third-order valence-corrected chi connectivity index (χ3v) is 6.36. The zero-order valence-electron chi connectivity index (χ0n) is 18.6. The summed E-state index contributed by atoms with van der Waals surface area (Å²) in [6.07, 6.45) is 7.05. The van der Waals surface area contributed by atoms with Crippen molar-refractivity contribution in [1.82, 2.24) is 24.7 Å². The molecule has 4 heterocycles. The molecule has 176 valence electrons. The number of carbonyl (C=O) groups is 2. The van der Waals surface area contributed by atoms with Crippen LogP contribution in [0, 0.1) is 0 Å². The highest BCUT2D eigenvalue weighted by atomic mass is 16.7. The van der Waals surface area contributed by atoms with Crippen molar-refractivity contribution in [3.8, 4) is 0 Å². The van der Waals surface area contributed by atoms with Crippen LogP contribution >= 0.6 is 0 Å². The van der Waals surface area contributed by atoms with Gasteiger partial charge in [-0.05, 0) is 6.42 Å². The SMILES string of the molecule is O=C(CCN(CCCN1CCOCC1)C(=O)c1cnccn1)N1CCC2(CC1)OCCO2. The van der Waals surface area contributed by atoms with E-state index in [0.717, 1.165) is 39.3 Å². The Labute approximate surface area is 188 Å². The minimum Gasteiger partial charge on any atom is -0.379 e. The normalized spacial score (nSPS) is 21.1. The van der Waals surface area contributed by atoms with Crippen LogP contribution < -0.4 is 0 Å². The number of amides is 2. The maximum atomic E-state index is 13.0. The van der Waals surface area contributed by atoms with Gasteiger partial charge in [-0.15, -0.1) is 0 Å². The molecule has 4 rings (SSSR count). The van der Waals surface area contributed by atoms with Crippen molar-refractivity contribution in [3.63, 3.8) is 0 Å². The highest BCUT2D eigenvalue weighted by molar-refractivity contribution is 5.92. The topological polar surface area (TPSA) is 97.3 Å². The molecule has 3 aliphatic heterocycles. The van der Waals surface area contributed by atoms with E-state index in [1.54, 1.807) is 11.1 Å². The predicted octanol–water partition coefficient (Wildman–Crippen LogP) is 0.397. The van der Waals surface area contributed by atoms with Gasteiger partial charge in [-0.1, -0.05) is 0 Å². The second kappa shape index (κ2) is 11.1. The van der Waals surface area contributed by atoms with E-state index in [9.17, 15) is 9.59 Å². The average Bonchev–Trinajstić information content (AvgIpc) is 3.30. The fourth-order valence-electron chi connectivity index (χ4n) is 4.47. The van der Waals surface area contributed by atoms with Gasteiger partial charge in [-0.25, -0.2) is 4.98 Å². The standard InChI is InChI=1S/C22H33N5O5/c28-20(26-10-3-22(4-11-26)31-16-17-32-22)2-9-27(21(29)19-18-23-5-6-24-19)8-1-7-25-12-14-30-15-13-25/h5-6,18H,1-4,7-17H2. The molecule has 2 amide bonds. The molecule has 0 aromatic carbocycles. The van der Waals surface area contributed by atoms with E-state index in [0.29, 0.717) is 57.9 Å². The van der Waals surface area contributed by atoms with Crippen LogP contribution in [0.15, 0.2) is 18.6 Å². The number of ether oxygens (including phenoxy) is 3. The van der Waals surface area contributed by atoms with E-state index in [1.165, 1.54) is 12.4 Å². The average molecular weight is 448 g/mol. The molecule has 0 radical (unpaired) electrons. The third kappa shape index (κ3) is 6.00. The Bertz CT molecular complexity index is 742. The lowest BCUT2D eigenvalue weighted by molar-refractivity contribution is -0.187. The van der Waals surface area contributed by atoms with Gasteiger partial charge in [0.15, 0.2) is 5.79 Å². The van der Waals surface area contributed by atoms with E-state index in [1.807, 2.05) is 4.90 Å². The van der Waals surface area contributed by atoms with E-state index in [4.69, 9.17) is 14.2 Å². The van der Waals surface area contributed by atoms with Crippen molar-refractivity contribution in [1.29, 1.82) is 0 Å². The van der Waals surface area contributed by atoms with E-state index in [-0.39, 0.29) is 18.2 Å². The zero-order valence-corrected chi connectivity index (χ0v) is 18.6. The molecule has 0 N–H and O–H groups in total. The smallest absolute Gasteiger partial charge is 0.274 e. The van der Waals surface area contributed by atoms with Gasteiger partial charge in [0.2, 0.25) is 5.91 Å². The molecule has 10 heteroatoms. The fraction of sp³-hybridized carbons (Fsp3) is 0.727. The summed E-state index contributed by atoms with van der Waals surface area (Å²) in [5.41, 5.74) is 0.307. The summed E-state index contributed by atoms with van der Waals surface area (Å²) in [5.74, 6) is -0.620. The summed E-state index contributed by atoms with van der Waals surface area (Å²) in [7, 11) is 0. The number of carbonyl (C=O) groups excluding carboxylic acids is 2. The first-order valence-corrected chi connectivity index (χ1v) is 11.6. The van der Waals surface area contributed by atoms with Crippen LogP contribution in [0.5, 0.6) is 0 Å². The Balaban J connectivity index is 1.29. The molecule has 0 atom stereocenters. The fourth-order valence-corrected chi connectivity index (χ4v) is 4.47. The molecular formula is C22H33N5O5. The Kier molecular flexibility index (Phi) is 8.01. The monoisotopic (exact) mass is 447 g/mol. The summed E-state index contributed by atoms with van der Waals surface area (Å²) < 4.78 is 16.9. The van der Waals surface area contributed by atoms with Gasteiger partial charge < -0.3 is 24.0 Å². The van der Waals surface area contributed by atoms with Crippen molar-refractivity contribution in [2.75, 3.05) is 72.2 Å². The molecular weight excluding hydrogens is 414 g/mol. The maximum absolute atomic E-state index is 13.0. The van der Waals surface area contributed by atoms with Gasteiger partial charge in [-0.2, -0.15) is 0 Å². The molecule has 1 spiro atoms. The first-order valence-electron chi connectivity index (χ1n) is 11.6. The quantitative estimate of drug-likeness (QED) is 0.565. The molecule has 1 aromatic rings. The lowest BCUT2D eigenvalue weighted by Gasteiger charge is -2.37. The summed E-state index contributed by atoms with van der Waals surface area (Å²) in [6.45, 7) is 7.67. The first-order chi connectivity index (χ1) is 15.7. The van der Waals surface area contributed by atoms with Gasteiger partial charge in [0, 0.05) is 77.5 Å². The van der Waals surface area contributed by atoms with Gasteiger partial charge in [0.25, 0.3) is 5.91 Å². The zero-order chi connectivity index (χ0) is 22.2. The Morgan fingerprint density at radius 3 is 2.44 bits per heavy atom. The predicted molar refractivity (Wildman–Crippen MR) is 115 cm³/mol. The number of nitrogens with zero attached hydrogens (tertiary/aromatic N) is 5. The first kappa shape index (κ1) is 23.0. The second-order valence-corrected chi connectivity index (χ2v) is 8.43. The summed E-state index contributed by atoms with van der Waals surface area (Å²) >= 11 is 0. The van der Waals surface area contributed by atoms with Gasteiger partial charge >= 0.3 is 0 Å². The number of hydrogen-bond donors (Lipinski definition) is 0. The number of aromatic nitrogens is 2. The molecule has 0 unspecified atom stereocenters. The Morgan fingerprint density at radius 1 is 1.00 bits per heavy atom. The van der Waals surface area contributed by atoms with Crippen LogP contribution in [0.3, 0.4) is 0 Å². The number of likely N-dealkylation sites (tertiary alicyclic amines) is 1. The van der Waals surface area contributed by atoms with E-state index < -0.39 is 5.79 Å². The van der Waals surface area contributed by atoms with Crippen LogP contribution in [-0.2, 0) is 19.0 Å². The maximum Gasteiger partial charge on any atom is 0.274 e. The summed E-state index contributed by atoms with van der Waals surface area (Å²) in [5, 5.41) is 0. The molecule has 3 saturated heterocycles. The van der Waals surface area contributed by atoms with Gasteiger partial charge in [-0.3, -0.25) is 19.5 Å². The molecule has 0 saturated carbocycles.